The molecule has 0 aliphatic rings. The predicted octanol–water partition coefficient (Wildman–Crippen LogP) is 3.86. The Bertz CT molecular complexity index is 354. The molecule has 2 N–H and O–H groups in total. The van der Waals surface area contributed by atoms with E-state index in [0.29, 0.717) is 5.25 Å². The molecule has 2 nitrogen and oxygen atoms in total. The van der Waals surface area contributed by atoms with Gasteiger partial charge in [0.05, 0.1) is 7.11 Å². The Morgan fingerprint density at radius 2 is 1.94 bits per heavy atom. The maximum Gasteiger partial charge on any atom is 0.123 e. The number of thioether (sulfide) groups is 1. The number of hydrogen-bond donors (Lipinski definition) is 1. The number of para-hydroxylation sites is 1. The van der Waals surface area contributed by atoms with Gasteiger partial charge in [0, 0.05) is 16.9 Å². The summed E-state index contributed by atoms with van der Waals surface area (Å²) in [7, 11) is 1.72. The van der Waals surface area contributed by atoms with Crippen LogP contribution in [0.2, 0.25) is 0 Å². The zero-order chi connectivity index (χ0) is 13.5. The second-order valence-electron chi connectivity index (χ2n) is 4.87. The smallest absolute Gasteiger partial charge is 0.123 e. The van der Waals surface area contributed by atoms with Crippen LogP contribution in [0.3, 0.4) is 0 Å². The van der Waals surface area contributed by atoms with Crippen LogP contribution in [0.1, 0.15) is 38.0 Å². The minimum absolute atomic E-state index is 0.121. The zero-order valence-electron chi connectivity index (χ0n) is 11.8. The summed E-state index contributed by atoms with van der Waals surface area (Å²) in [4.78, 5) is 0. The molecule has 1 aromatic carbocycles. The highest BCUT2D eigenvalue weighted by Gasteiger charge is 2.20. The van der Waals surface area contributed by atoms with E-state index in [0.717, 1.165) is 17.4 Å². The van der Waals surface area contributed by atoms with Crippen LogP contribution >= 0.6 is 11.8 Å². The zero-order valence-corrected chi connectivity index (χ0v) is 12.7. The average molecular weight is 267 g/mol. The summed E-state index contributed by atoms with van der Waals surface area (Å²) in [6.45, 7) is 6.59. The minimum Gasteiger partial charge on any atom is -0.496 e. The summed E-state index contributed by atoms with van der Waals surface area (Å²) in [5, 5.41) is 0.301. The van der Waals surface area contributed by atoms with Gasteiger partial charge in [0.1, 0.15) is 5.75 Å². The Morgan fingerprint density at radius 3 is 2.50 bits per heavy atom. The SMILES string of the molecule is CCC(C)CSC(c1ccccc1OC)C(C)N. The molecule has 3 unspecified atom stereocenters. The largest absolute Gasteiger partial charge is 0.496 e. The van der Waals surface area contributed by atoms with Gasteiger partial charge >= 0.3 is 0 Å². The second-order valence-corrected chi connectivity index (χ2v) is 6.04. The molecule has 0 amide bonds. The lowest BCUT2D eigenvalue weighted by molar-refractivity contribution is 0.408. The van der Waals surface area contributed by atoms with Gasteiger partial charge in [0.15, 0.2) is 0 Å². The van der Waals surface area contributed by atoms with Crippen LogP contribution in [0, 0.1) is 5.92 Å². The van der Waals surface area contributed by atoms with Crippen molar-refractivity contribution in [3.05, 3.63) is 29.8 Å². The van der Waals surface area contributed by atoms with Crippen LogP contribution in [0.15, 0.2) is 24.3 Å². The molecule has 1 aromatic rings. The lowest BCUT2D eigenvalue weighted by Crippen LogP contribution is -2.23. The van der Waals surface area contributed by atoms with E-state index in [1.165, 1.54) is 12.0 Å². The second kappa shape index (κ2) is 7.70. The van der Waals surface area contributed by atoms with Crippen molar-refractivity contribution in [3.63, 3.8) is 0 Å². The Kier molecular flexibility index (Phi) is 6.58. The minimum atomic E-state index is 0.121. The molecule has 0 saturated carbocycles. The Labute approximate surface area is 115 Å². The number of rotatable bonds is 7. The van der Waals surface area contributed by atoms with Crippen LogP contribution < -0.4 is 10.5 Å². The summed E-state index contributed by atoms with van der Waals surface area (Å²) < 4.78 is 5.44. The van der Waals surface area contributed by atoms with Gasteiger partial charge in [0.2, 0.25) is 0 Å². The lowest BCUT2D eigenvalue weighted by Gasteiger charge is -2.24. The van der Waals surface area contributed by atoms with Crippen LogP contribution in [0.25, 0.3) is 0 Å². The maximum atomic E-state index is 6.14. The first-order valence-electron chi connectivity index (χ1n) is 6.60. The van der Waals surface area contributed by atoms with E-state index in [-0.39, 0.29) is 6.04 Å². The number of benzene rings is 1. The van der Waals surface area contributed by atoms with E-state index in [2.05, 4.69) is 32.9 Å². The van der Waals surface area contributed by atoms with E-state index >= 15 is 0 Å². The number of ether oxygens (including phenoxy) is 1. The third kappa shape index (κ3) is 4.21. The fourth-order valence-electron chi connectivity index (χ4n) is 1.81. The van der Waals surface area contributed by atoms with Crippen molar-refractivity contribution in [2.45, 2.75) is 38.5 Å². The summed E-state index contributed by atoms with van der Waals surface area (Å²) in [5.41, 5.74) is 7.35. The van der Waals surface area contributed by atoms with Crippen LogP contribution in [0.5, 0.6) is 5.75 Å². The van der Waals surface area contributed by atoms with Crippen molar-refractivity contribution in [2.75, 3.05) is 12.9 Å². The van der Waals surface area contributed by atoms with Gasteiger partial charge in [-0.25, -0.2) is 0 Å². The van der Waals surface area contributed by atoms with Crippen molar-refractivity contribution in [2.24, 2.45) is 11.7 Å². The van der Waals surface area contributed by atoms with Gasteiger partial charge in [-0.15, -0.1) is 0 Å². The predicted molar refractivity (Wildman–Crippen MR) is 81.3 cm³/mol. The molecule has 0 aliphatic carbocycles. The van der Waals surface area contributed by atoms with Gasteiger partial charge in [-0.2, -0.15) is 11.8 Å². The van der Waals surface area contributed by atoms with Crippen LogP contribution in [-0.4, -0.2) is 18.9 Å². The van der Waals surface area contributed by atoms with Gasteiger partial charge in [0.25, 0.3) is 0 Å². The molecule has 3 heteroatoms. The van der Waals surface area contributed by atoms with E-state index in [9.17, 15) is 0 Å². The molecular weight excluding hydrogens is 242 g/mol. The first kappa shape index (κ1) is 15.4. The summed E-state index contributed by atoms with van der Waals surface area (Å²) in [6.07, 6.45) is 1.21. The fraction of sp³-hybridized carbons (Fsp3) is 0.600. The average Bonchev–Trinajstić information content (AvgIpc) is 2.38. The Hall–Kier alpha value is -0.670. The molecule has 0 fully saturated rings. The normalized spacial score (nSPS) is 16.1. The lowest BCUT2D eigenvalue weighted by atomic mass is 10.1. The monoisotopic (exact) mass is 267 g/mol. The fourth-order valence-corrected chi connectivity index (χ4v) is 3.26. The van der Waals surface area contributed by atoms with Crippen molar-refractivity contribution < 1.29 is 4.74 Å². The molecule has 102 valence electrons. The quantitative estimate of drug-likeness (QED) is 0.814. The van der Waals surface area contributed by atoms with Crippen molar-refractivity contribution in [3.8, 4) is 5.75 Å². The molecule has 0 radical (unpaired) electrons. The number of hydrogen-bond acceptors (Lipinski definition) is 3. The van der Waals surface area contributed by atoms with E-state index in [1.807, 2.05) is 23.9 Å². The highest BCUT2D eigenvalue weighted by Crippen LogP contribution is 2.37. The highest BCUT2D eigenvalue weighted by molar-refractivity contribution is 7.99. The van der Waals surface area contributed by atoms with Gasteiger partial charge in [-0.1, -0.05) is 38.5 Å². The first-order chi connectivity index (χ1) is 8.60. The number of nitrogens with two attached hydrogens (primary N) is 1. The van der Waals surface area contributed by atoms with Gasteiger partial charge in [-0.3, -0.25) is 0 Å². The highest BCUT2D eigenvalue weighted by atomic mass is 32.2. The maximum absolute atomic E-state index is 6.14. The Balaban J connectivity index is 2.84. The summed E-state index contributed by atoms with van der Waals surface area (Å²) in [6, 6.07) is 8.30. The van der Waals surface area contributed by atoms with Crippen molar-refractivity contribution >= 4 is 11.8 Å². The molecule has 3 atom stereocenters. The first-order valence-corrected chi connectivity index (χ1v) is 7.65. The third-order valence-electron chi connectivity index (χ3n) is 3.18. The van der Waals surface area contributed by atoms with Crippen molar-refractivity contribution in [1.82, 2.24) is 0 Å². The molecule has 0 bridgehead atoms. The molecule has 0 aromatic heterocycles. The topological polar surface area (TPSA) is 35.2 Å². The molecular formula is C15H25NOS. The van der Waals surface area contributed by atoms with Gasteiger partial charge < -0.3 is 10.5 Å². The van der Waals surface area contributed by atoms with E-state index in [4.69, 9.17) is 10.5 Å². The summed E-state index contributed by atoms with van der Waals surface area (Å²) >= 11 is 1.94. The molecule has 0 saturated heterocycles. The van der Waals surface area contributed by atoms with Crippen LogP contribution in [-0.2, 0) is 0 Å². The molecule has 0 spiro atoms. The third-order valence-corrected chi connectivity index (χ3v) is 4.98. The molecule has 18 heavy (non-hydrogen) atoms. The summed E-state index contributed by atoms with van der Waals surface area (Å²) in [5.74, 6) is 2.81. The van der Waals surface area contributed by atoms with Crippen LogP contribution in [0.4, 0.5) is 0 Å². The molecule has 0 heterocycles. The van der Waals surface area contributed by atoms with Gasteiger partial charge in [-0.05, 0) is 24.7 Å². The van der Waals surface area contributed by atoms with Crippen molar-refractivity contribution in [1.29, 1.82) is 0 Å². The molecule has 0 aliphatic heterocycles. The number of methoxy groups -OCH3 is 1. The Morgan fingerprint density at radius 1 is 1.28 bits per heavy atom. The van der Waals surface area contributed by atoms with E-state index in [1.54, 1.807) is 7.11 Å². The van der Waals surface area contributed by atoms with E-state index < -0.39 is 0 Å². The standard InChI is InChI=1S/C15H25NOS/c1-5-11(2)10-18-15(12(3)16)13-8-6-7-9-14(13)17-4/h6-9,11-12,15H,5,10,16H2,1-4H3. The molecule has 1 rings (SSSR count).